The van der Waals surface area contributed by atoms with Crippen LogP contribution in [0, 0.1) is 0 Å². The number of rotatable bonds is 73. The van der Waals surface area contributed by atoms with Crippen LogP contribution in [0.4, 0.5) is 0 Å². The van der Waals surface area contributed by atoms with Gasteiger partial charge in [0, 0.05) is 12.8 Å². The van der Waals surface area contributed by atoms with Crippen LogP contribution < -0.4 is 0 Å². The van der Waals surface area contributed by atoms with Gasteiger partial charge in [0.25, 0.3) is 0 Å². The van der Waals surface area contributed by atoms with E-state index in [4.69, 9.17) is 9.47 Å². The molecule has 0 aliphatic heterocycles. The van der Waals surface area contributed by atoms with E-state index >= 15 is 0 Å². The molecule has 0 aliphatic carbocycles. The molecule has 0 heterocycles. The van der Waals surface area contributed by atoms with Crippen LogP contribution in [-0.4, -0.2) is 36.4 Å². The molecule has 0 rings (SSSR count). The molecule has 5 heteroatoms. The van der Waals surface area contributed by atoms with E-state index in [0.29, 0.717) is 12.8 Å². The van der Waals surface area contributed by atoms with Crippen molar-refractivity contribution in [3.8, 4) is 0 Å². The van der Waals surface area contributed by atoms with Gasteiger partial charge in [-0.05, 0) is 89.9 Å². The first-order chi connectivity index (χ1) is 43.6. The van der Waals surface area contributed by atoms with Crippen molar-refractivity contribution in [2.75, 3.05) is 13.2 Å². The minimum Gasteiger partial charge on any atom is -0.462 e. The third-order valence-corrected chi connectivity index (χ3v) is 17.7. The molecule has 1 unspecified atom stereocenters. The minimum atomic E-state index is -0.773. The van der Waals surface area contributed by atoms with Gasteiger partial charge in [-0.1, -0.05) is 394 Å². The maximum absolute atomic E-state index is 12.4. The van der Waals surface area contributed by atoms with Gasteiger partial charge in [0.05, 0.1) is 6.61 Å². The number of unbranched alkanes of at least 4 members (excludes halogenated alkanes) is 51. The van der Waals surface area contributed by atoms with Gasteiger partial charge >= 0.3 is 11.9 Å². The van der Waals surface area contributed by atoms with Gasteiger partial charge in [0.1, 0.15) is 6.61 Å². The molecule has 0 saturated carbocycles. The SMILES string of the molecule is CC/C=C\C/C=C\C/C=C\C/C=C\C/C=C\CCCCCCCCCCCCCCCCCCCCCCCC(=O)OC(CO)COC(=O)CCCCCCCCCCCCCCCCCCCCCCCCCCC/C=C\C/C=C\CCCCCCC. The van der Waals surface area contributed by atoms with Gasteiger partial charge in [-0.15, -0.1) is 0 Å². The van der Waals surface area contributed by atoms with Gasteiger partial charge in [-0.3, -0.25) is 9.59 Å². The first-order valence-corrected chi connectivity index (χ1v) is 39.1. The van der Waals surface area contributed by atoms with Crippen LogP contribution in [0.3, 0.4) is 0 Å². The largest absolute Gasteiger partial charge is 0.462 e. The third kappa shape index (κ3) is 75.5. The van der Waals surface area contributed by atoms with Gasteiger partial charge in [0.15, 0.2) is 6.10 Å². The van der Waals surface area contributed by atoms with Gasteiger partial charge in [0.2, 0.25) is 0 Å². The smallest absolute Gasteiger partial charge is 0.306 e. The van der Waals surface area contributed by atoms with E-state index in [1.807, 2.05) is 0 Å². The quantitative estimate of drug-likeness (QED) is 0.0373. The second-order valence-corrected chi connectivity index (χ2v) is 26.4. The summed E-state index contributed by atoms with van der Waals surface area (Å²) in [5.41, 5.74) is 0. The molecule has 0 saturated heterocycles. The molecule has 0 spiro atoms. The normalized spacial score (nSPS) is 12.6. The zero-order valence-corrected chi connectivity index (χ0v) is 59.0. The molecule has 0 aromatic carbocycles. The van der Waals surface area contributed by atoms with Crippen LogP contribution in [0.25, 0.3) is 0 Å². The third-order valence-electron chi connectivity index (χ3n) is 17.7. The highest BCUT2D eigenvalue weighted by Crippen LogP contribution is 2.19. The summed E-state index contributed by atoms with van der Waals surface area (Å²) in [7, 11) is 0. The lowest BCUT2D eigenvalue weighted by molar-refractivity contribution is -0.161. The second kappa shape index (κ2) is 78.3. The Morgan fingerprint density at radius 3 is 0.739 bits per heavy atom. The lowest BCUT2D eigenvalue weighted by Crippen LogP contribution is -2.28. The Balaban J connectivity index is 3.39. The van der Waals surface area contributed by atoms with E-state index in [1.165, 1.54) is 308 Å². The summed E-state index contributed by atoms with van der Waals surface area (Å²) in [6.45, 7) is 4.07. The van der Waals surface area contributed by atoms with Crippen molar-refractivity contribution in [3.05, 3.63) is 85.1 Å². The molecule has 0 radical (unpaired) electrons. The Kier molecular flexibility index (Phi) is 75.7. The lowest BCUT2D eigenvalue weighted by Gasteiger charge is -2.15. The first-order valence-electron chi connectivity index (χ1n) is 39.1. The van der Waals surface area contributed by atoms with Crippen LogP contribution in [0.1, 0.15) is 412 Å². The van der Waals surface area contributed by atoms with Crippen molar-refractivity contribution < 1.29 is 24.2 Å². The molecular weight excluding hydrogens is 1080 g/mol. The van der Waals surface area contributed by atoms with Crippen molar-refractivity contribution in [1.29, 1.82) is 0 Å². The highest BCUT2D eigenvalue weighted by Gasteiger charge is 2.16. The maximum atomic E-state index is 12.4. The Labute approximate surface area is 549 Å². The number of carbonyl (C=O) groups excluding carboxylic acids is 2. The summed E-state index contributed by atoms with van der Waals surface area (Å²) in [6, 6.07) is 0. The number of aliphatic hydroxyl groups excluding tert-OH is 1. The first kappa shape index (κ1) is 85.1. The number of hydrogen-bond donors (Lipinski definition) is 1. The number of carbonyl (C=O) groups is 2. The van der Waals surface area contributed by atoms with Crippen LogP contribution >= 0.6 is 0 Å². The second-order valence-electron chi connectivity index (χ2n) is 26.4. The standard InChI is InChI=1S/C83H150O5/c1-3-5-7-9-11-13-15-17-19-21-23-25-27-29-31-33-35-37-39-41-43-45-47-49-51-53-55-57-59-61-63-65-67-69-71-73-75-77-82(85)87-80-81(79-84)88-83(86)78-76-74-72-70-68-66-64-62-60-58-56-54-52-50-48-46-44-42-40-38-36-34-32-30-28-26-24-22-20-18-16-14-12-10-8-6-4-2/h6,8,12,14-15,17-18,20-21,23-24,26,30,32,81,84H,3-5,7,9-11,13,16,19,22,25,27-29,31,33-80H2,1-2H3/b8-6-,14-12-,17-15-,20-18-,23-21-,26-24-,32-30-. The topological polar surface area (TPSA) is 72.8 Å². The Hall–Kier alpha value is -2.92. The van der Waals surface area contributed by atoms with E-state index in [2.05, 4.69) is 98.9 Å². The zero-order valence-electron chi connectivity index (χ0n) is 59.0. The molecule has 5 nitrogen and oxygen atoms in total. The Morgan fingerprint density at radius 2 is 0.489 bits per heavy atom. The number of hydrogen-bond acceptors (Lipinski definition) is 5. The van der Waals surface area contributed by atoms with E-state index in [0.717, 1.165) is 77.0 Å². The number of aliphatic hydroxyl groups is 1. The predicted molar refractivity (Wildman–Crippen MR) is 390 cm³/mol. The summed E-state index contributed by atoms with van der Waals surface area (Å²) in [5, 5.41) is 9.73. The Morgan fingerprint density at radius 1 is 0.273 bits per heavy atom. The van der Waals surface area contributed by atoms with Gasteiger partial charge < -0.3 is 14.6 Å². The summed E-state index contributed by atoms with van der Waals surface area (Å²) < 4.78 is 10.8. The Bertz CT molecular complexity index is 1580. The summed E-state index contributed by atoms with van der Waals surface area (Å²) in [4.78, 5) is 24.7. The summed E-state index contributed by atoms with van der Waals surface area (Å²) in [5.74, 6) is -0.568. The maximum Gasteiger partial charge on any atom is 0.306 e. The summed E-state index contributed by atoms with van der Waals surface area (Å²) in [6.07, 6.45) is 111. The fourth-order valence-electron chi connectivity index (χ4n) is 11.9. The van der Waals surface area contributed by atoms with E-state index < -0.39 is 6.10 Å². The number of esters is 2. The number of allylic oxidation sites excluding steroid dienone is 14. The van der Waals surface area contributed by atoms with Crippen molar-refractivity contribution in [2.24, 2.45) is 0 Å². The van der Waals surface area contributed by atoms with E-state index in [9.17, 15) is 14.7 Å². The molecule has 512 valence electrons. The van der Waals surface area contributed by atoms with Crippen LogP contribution in [0.2, 0.25) is 0 Å². The van der Waals surface area contributed by atoms with E-state index in [1.54, 1.807) is 0 Å². The average Bonchev–Trinajstić information content (AvgIpc) is 3.55. The van der Waals surface area contributed by atoms with Crippen molar-refractivity contribution in [2.45, 2.75) is 418 Å². The molecule has 0 bridgehead atoms. The molecule has 0 aliphatic rings. The fourth-order valence-corrected chi connectivity index (χ4v) is 11.9. The molecule has 0 fully saturated rings. The molecule has 0 aromatic heterocycles. The van der Waals surface area contributed by atoms with Crippen LogP contribution in [-0.2, 0) is 19.1 Å². The molecule has 1 N–H and O–H groups in total. The molecule has 88 heavy (non-hydrogen) atoms. The predicted octanol–water partition coefficient (Wildman–Crippen LogP) is 27.6. The lowest BCUT2D eigenvalue weighted by atomic mass is 10.0. The van der Waals surface area contributed by atoms with Crippen molar-refractivity contribution in [3.63, 3.8) is 0 Å². The highest BCUT2D eigenvalue weighted by atomic mass is 16.6. The number of ether oxygens (including phenoxy) is 2. The van der Waals surface area contributed by atoms with Crippen LogP contribution in [0.15, 0.2) is 85.1 Å². The highest BCUT2D eigenvalue weighted by molar-refractivity contribution is 5.70. The van der Waals surface area contributed by atoms with Crippen LogP contribution in [0.5, 0.6) is 0 Å². The summed E-state index contributed by atoms with van der Waals surface area (Å²) >= 11 is 0. The molecule has 0 aromatic rings. The van der Waals surface area contributed by atoms with E-state index in [-0.39, 0.29) is 25.2 Å². The molecular formula is C83H150O5. The minimum absolute atomic E-state index is 0.0613. The molecule has 1 atom stereocenters. The van der Waals surface area contributed by atoms with Crippen molar-refractivity contribution in [1.82, 2.24) is 0 Å². The van der Waals surface area contributed by atoms with Gasteiger partial charge in [-0.25, -0.2) is 0 Å². The monoisotopic (exact) mass is 1230 g/mol. The zero-order chi connectivity index (χ0) is 63.3. The molecule has 0 amide bonds. The van der Waals surface area contributed by atoms with Crippen molar-refractivity contribution >= 4 is 11.9 Å². The van der Waals surface area contributed by atoms with Gasteiger partial charge in [-0.2, -0.15) is 0 Å². The average molecular weight is 1230 g/mol. The fraction of sp³-hybridized carbons (Fsp3) is 0.807.